The van der Waals surface area contributed by atoms with Crippen LogP contribution in [0.4, 0.5) is 4.39 Å². The summed E-state index contributed by atoms with van der Waals surface area (Å²) in [5.41, 5.74) is 5.79. The molecule has 0 saturated heterocycles. The number of para-hydroxylation sites is 1. The molecule has 2 nitrogen and oxygen atoms in total. The lowest BCUT2D eigenvalue weighted by Crippen LogP contribution is -2.31. The molecule has 0 aromatic heterocycles. The van der Waals surface area contributed by atoms with Gasteiger partial charge in [0, 0.05) is 6.04 Å². The van der Waals surface area contributed by atoms with Crippen molar-refractivity contribution in [2.45, 2.75) is 37.8 Å². The summed E-state index contributed by atoms with van der Waals surface area (Å²) in [6.07, 6.45) is 3.92. The average Bonchev–Trinajstić information content (AvgIpc) is 2.25. The Morgan fingerprint density at radius 1 is 1.12 bits per heavy atom. The molecule has 90 valence electrons. The van der Waals surface area contributed by atoms with Gasteiger partial charge in [0.05, 0.1) is 6.10 Å². The van der Waals surface area contributed by atoms with E-state index < -0.39 is 0 Å². The number of ether oxygens (including phenoxy) is 1. The van der Waals surface area contributed by atoms with Crippen molar-refractivity contribution in [1.82, 2.24) is 0 Å². The molecule has 1 aliphatic rings. The molecule has 0 spiro atoms. The van der Waals surface area contributed by atoms with Gasteiger partial charge in [0.2, 0.25) is 0 Å². The van der Waals surface area contributed by atoms with Gasteiger partial charge in [-0.1, -0.05) is 12.1 Å². The fourth-order valence-corrected chi connectivity index (χ4v) is 1.93. The van der Waals surface area contributed by atoms with E-state index in [2.05, 4.69) is 0 Å². The van der Waals surface area contributed by atoms with Crippen LogP contribution in [0.2, 0.25) is 0 Å². The van der Waals surface area contributed by atoms with Gasteiger partial charge in [0.1, 0.15) is 0 Å². The minimum Gasteiger partial charge on any atom is -0.487 e. The molecule has 0 bridgehead atoms. The number of halogens is 2. The molecular formula is C12H17ClFNO. The summed E-state index contributed by atoms with van der Waals surface area (Å²) in [5.74, 6) is 0.0744. The summed E-state index contributed by atoms with van der Waals surface area (Å²) >= 11 is 0. The number of hydrogen-bond acceptors (Lipinski definition) is 2. The van der Waals surface area contributed by atoms with Gasteiger partial charge in [-0.05, 0) is 37.8 Å². The topological polar surface area (TPSA) is 35.2 Å². The third-order valence-electron chi connectivity index (χ3n) is 2.85. The molecule has 0 atom stereocenters. The first-order chi connectivity index (χ1) is 7.25. The Kier molecular flexibility index (Phi) is 5.03. The highest BCUT2D eigenvalue weighted by atomic mass is 35.5. The van der Waals surface area contributed by atoms with Crippen LogP contribution in [-0.2, 0) is 0 Å². The van der Waals surface area contributed by atoms with E-state index in [1.165, 1.54) is 6.07 Å². The van der Waals surface area contributed by atoms with E-state index >= 15 is 0 Å². The Morgan fingerprint density at radius 3 is 2.38 bits per heavy atom. The summed E-state index contributed by atoms with van der Waals surface area (Å²) in [7, 11) is 0. The van der Waals surface area contributed by atoms with Crippen LogP contribution in [0, 0.1) is 5.82 Å². The van der Waals surface area contributed by atoms with E-state index in [1.807, 2.05) is 0 Å². The van der Waals surface area contributed by atoms with Gasteiger partial charge in [-0.3, -0.25) is 0 Å². The second kappa shape index (κ2) is 6.06. The first-order valence-corrected chi connectivity index (χ1v) is 5.42. The Balaban J connectivity index is 0.00000128. The number of benzene rings is 1. The second-order valence-corrected chi connectivity index (χ2v) is 4.09. The third-order valence-corrected chi connectivity index (χ3v) is 2.85. The Hall–Kier alpha value is -0.800. The molecule has 16 heavy (non-hydrogen) atoms. The van der Waals surface area contributed by atoms with Crippen LogP contribution in [0.15, 0.2) is 24.3 Å². The first kappa shape index (κ1) is 13.3. The van der Waals surface area contributed by atoms with E-state index in [1.54, 1.807) is 18.2 Å². The van der Waals surface area contributed by atoms with Crippen LogP contribution in [0.3, 0.4) is 0 Å². The highest BCUT2D eigenvalue weighted by Gasteiger charge is 2.20. The molecule has 1 saturated carbocycles. The van der Waals surface area contributed by atoms with Gasteiger partial charge < -0.3 is 10.5 Å². The highest BCUT2D eigenvalue weighted by Crippen LogP contribution is 2.24. The van der Waals surface area contributed by atoms with Crippen LogP contribution in [0.1, 0.15) is 25.7 Å². The zero-order valence-electron chi connectivity index (χ0n) is 9.06. The van der Waals surface area contributed by atoms with Gasteiger partial charge in [-0.2, -0.15) is 0 Å². The zero-order chi connectivity index (χ0) is 10.7. The van der Waals surface area contributed by atoms with Gasteiger partial charge in [-0.25, -0.2) is 4.39 Å². The van der Waals surface area contributed by atoms with E-state index in [4.69, 9.17) is 10.5 Å². The zero-order valence-corrected chi connectivity index (χ0v) is 9.88. The van der Waals surface area contributed by atoms with Crippen LogP contribution in [-0.4, -0.2) is 12.1 Å². The lowest BCUT2D eigenvalue weighted by Gasteiger charge is -2.26. The smallest absolute Gasteiger partial charge is 0.165 e. The van der Waals surface area contributed by atoms with Gasteiger partial charge in [-0.15, -0.1) is 12.4 Å². The largest absolute Gasteiger partial charge is 0.487 e. The average molecular weight is 246 g/mol. The molecular weight excluding hydrogens is 229 g/mol. The summed E-state index contributed by atoms with van der Waals surface area (Å²) in [6.45, 7) is 0. The van der Waals surface area contributed by atoms with E-state index in [9.17, 15) is 4.39 Å². The Bertz CT molecular complexity index is 327. The SMILES string of the molecule is Cl.NC1CCC(Oc2ccccc2F)CC1. The van der Waals surface area contributed by atoms with Gasteiger partial charge in [0.15, 0.2) is 11.6 Å². The molecule has 1 aromatic carbocycles. The fraction of sp³-hybridized carbons (Fsp3) is 0.500. The summed E-state index contributed by atoms with van der Waals surface area (Å²) in [5, 5.41) is 0. The summed E-state index contributed by atoms with van der Waals surface area (Å²) in [4.78, 5) is 0. The Labute approximate surface area is 101 Å². The molecule has 2 N–H and O–H groups in total. The number of hydrogen-bond donors (Lipinski definition) is 1. The van der Waals surface area contributed by atoms with Crippen molar-refractivity contribution in [2.75, 3.05) is 0 Å². The summed E-state index contributed by atoms with van der Waals surface area (Å²) < 4.78 is 18.9. The molecule has 0 unspecified atom stereocenters. The van der Waals surface area contributed by atoms with E-state index in [0.717, 1.165) is 25.7 Å². The lowest BCUT2D eigenvalue weighted by molar-refractivity contribution is 0.141. The van der Waals surface area contributed by atoms with Crippen LogP contribution >= 0.6 is 12.4 Å². The van der Waals surface area contributed by atoms with Crippen molar-refractivity contribution in [3.8, 4) is 5.75 Å². The molecule has 0 heterocycles. The van der Waals surface area contributed by atoms with Crippen molar-refractivity contribution in [2.24, 2.45) is 5.73 Å². The monoisotopic (exact) mass is 245 g/mol. The third kappa shape index (κ3) is 3.35. The predicted octanol–water partition coefficient (Wildman–Crippen LogP) is 2.90. The molecule has 0 aliphatic heterocycles. The van der Waals surface area contributed by atoms with E-state index in [0.29, 0.717) is 11.8 Å². The predicted molar refractivity (Wildman–Crippen MR) is 64.5 cm³/mol. The van der Waals surface area contributed by atoms with Crippen molar-refractivity contribution in [3.63, 3.8) is 0 Å². The lowest BCUT2D eigenvalue weighted by atomic mass is 9.94. The van der Waals surface area contributed by atoms with Crippen molar-refractivity contribution < 1.29 is 9.13 Å². The quantitative estimate of drug-likeness (QED) is 0.870. The second-order valence-electron chi connectivity index (χ2n) is 4.09. The van der Waals surface area contributed by atoms with Crippen LogP contribution in [0.5, 0.6) is 5.75 Å². The minimum absolute atomic E-state index is 0. The molecule has 2 rings (SSSR count). The van der Waals surface area contributed by atoms with Gasteiger partial charge in [0.25, 0.3) is 0 Å². The maximum Gasteiger partial charge on any atom is 0.165 e. The van der Waals surface area contributed by atoms with Crippen molar-refractivity contribution >= 4 is 12.4 Å². The maximum atomic E-state index is 13.3. The first-order valence-electron chi connectivity index (χ1n) is 5.42. The molecule has 1 aromatic rings. The Morgan fingerprint density at radius 2 is 1.75 bits per heavy atom. The standard InChI is InChI=1S/C12H16FNO.ClH/c13-11-3-1-2-4-12(11)15-10-7-5-9(14)6-8-10;/h1-4,9-10H,5-8,14H2;1H. The van der Waals surface area contributed by atoms with Crippen molar-refractivity contribution in [1.29, 1.82) is 0 Å². The summed E-state index contributed by atoms with van der Waals surface area (Å²) in [6, 6.07) is 6.84. The molecule has 1 fully saturated rings. The molecule has 0 amide bonds. The molecule has 1 aliphatic carbocycles. The number of rotatable bonds is 2. The normalized spacial score (nSPS) is 24.6. The molecule has 4 heteroatoms. The number of nitrogens with two attached hydrogens (primary N) is 1. The van der Waals surface area contributed by atoms with Crippen molar-refractivity contribution in [3.05, 3.63) is 30.1 Å². The van der Waals surface area contributed by atoms with Crippen LogP contribution in [0.25, 0.3) is 0 Å². The maximum absolute atomic E-state index is 13.3. The minimum atomic E-state index is -0.285. The fourth-order valence-electron chi connectivity index (χ4n) is 1.93. The van der Waals surface area contributed by atoms with Crippen LogP contribution < -0.4 is 10.5 Å². The highest BCUT2D eigenvalue weighted by molar-refractivity contribution is 5.85. The van der Waals surface area contributed by atoms with Gasteiger partial charge >= 0.3 is 0 Å². The van der Waals surface area contributed by atoms with E-state index in [-0.39, 0.29) is 24.3 Å². The molecule has 0 radical (unpaired) electrons.